The van der Waals surface area contributed by atoms with Crippen molar-refractivity contribution in [2.45, 2.75) is 26.9 Å². The van der Waals surface area contributed by atoms with E-state index in [0.29, 0.717) is 0 Å². The molecule has 0 amide bonds. The number of rotatable bonds is 5. The molecule has 0 bridgehead atoms. The van der Waals surface area contributed by atoms with Crippen LogP contribution in [-0.2, 0) is 13.1 Å². The number of aryl methyl sites for hydroxylation is 2. The number of hydrogen-bond donors (Lipinski definition) is 2. The maximum atomic E-state index is 4.29. The first-order valence-corrected chi connectivity index (χ1v) is 8.58. The predicted molar refractivity (Wildman–Crippen MR) is 117 cm³/mol. The molecule has 0 saturated heterocycles. The molecule has 1 aromatic carbocycles. The molecule has 0 saturated carbocycles. The average Bonchev–Trinajstić information content (AvgIpc) is 2.94. The fourth-order valence-electron chi connectivity index (χ4n) is 2.31. The van der Waals surface area contributed by atoms with Crippen LogP contribution in [0.2, 0.25) is 0 Å². The van der Waals surface area contributed by atoms with Crippen LogP contribution >= 0.6 is 35.3 Å². The SMILES string of the molecule is CN=C(NCc1ccc(C)s1)NCc1ccc(N(C)C)cc1C.I. The third-order valence-electron chi connectivity index (χ3n) is 3.74. The minimum atomic E-state index is 0. The molecule has 0 unspecified atom stereocenters. The third kappa shape index (κ3) is 5.98. The van der Waals surface area contributed by atoms with Crippen LogP contribution in [0.4, 0.5) is 5.69 Å². The highest BCUT2D eigenvalue weighted by Gasteiger charge is 2.04. The Morgan fingerprint density at radius 1 is 1.08 bits per heavy atom. The van der Waals surface area contributed by atoms with Gasteiger partial charge in [-0.2, -0.15) is 0 Å². The predicted octanol–water partition coefficient (Wildman–Crippen LogP) is 3.91. The van der Waals surface area contributed by atoms with Gasteiger partial charge < -0.3 is 15.5 Å². The zero-order chi connectivity index (χ0) is 16.8. The van der Waals surface area contributed by atoms with E-state index in [4.69, 9.17) is 0 Å². The van der Waals surface area contributed by atoms with E-state index in [-0.39, 0.29) is 24.0 Å². The van der Waals surface area contributed by atoms with E-state index in [1.54, 1.807) is 7.05 Å². The van der Waals surface area contributed by atoms with Gasteiger partial charge in [0.25, 0.3) is 0 Å². The van der Waals surface area contributed by atoms with Crippen LogP contribution in [0.3, 0.4) is 0 Å². The van der Waals surface area contributed by atoms with E-state index >= 15 is 0 Å². The number of thiophene rings is 1. The second-order valence-electron chi connectivity index (χ2n) is 5.80. The summed E-state index contributed by atoms with van der Waals surface area (Å²) in [5, 5.41) is 6.74. The van der Waals surface area contributed by atoms with Crippen molar-refractivity contribution < 1.29 is 0 Å². The molecule has 1 aromatic heterocycles. The number of anilines is 1. The number of hydrogen-bond acceptors (Lipinski definition) is 3. The van der Waals surface area contributed by atoms with E-state index < -0.39 is 0 Å². The molecule has 6 heteroatoms. The van der Waals surface area contributed by atoms with Gasteiger partial charge >= 0.3 is 0 Å². The standard InChI is InChI=1S/C18H26N4S.HI/c1-13-10-16(22(4)5)8-7-15(13)11-20-18(19-3)21-12-17-9-6-14(2)23-17;/h6-10H,11-12H2,1-5H3,(H2,19,20,21);1H. The summed E-state index contributed by atoms with van der Waals surface area (Å²) < 4.78 is 0. The van der Waals surface area contributed by atoms with Crippen LogP contribution in [-0.4, -0.2) is 27.1 Å². The van der Waals surface area contributed by atoms with Gasteiger partial charge in [-0.25, -0.2) is 0 Å². The second-order valence-corrected chi connectivity index (χ2v) is 7.17. The van der Waals surface area contributed by atoms with Crippen molar-refractivity contribution in [2.75, 3.05) is 26.0 Å². The first kappa shape index (κ1) is 20.8. The summed E-state index contributed by atoms with van der Waals surface area (Å²) in [6, 6.07) is 10.8. The summed E-state index contributed by atoms with van der Waals surface area (Å²) in [4.78, 5) is 9.06. The summed E-state index contributed by atoms with van der Waals surface area (Å²) in [5.74, 6) is 0.826. The highest BCUT2D eigenvalue weighted by Crippen LogP contribution is 2.17. The van der Waals surface area contributed by atoms with Crippen molar-refractivity contribution in [2.24, 2.45) is 4.99 Å². The van der Waals surface area contributed by atoms with Gasteiger partial charge in [0, 0.05) is 43.1 Å². The molecule has 0 aliphatic heterocycles. The summed E-state index contributed by atoms with van der Waals surface area (Å²) >= 11 is 1.81. The molecule has 132 valence electrons. The Bertz CT molecular complexity index is 679. The lowest BCUT2D eigenvalue weighted by Gasteiger charge is -2.16. The van der Waals surface area contributed by atoms with Crippen LogP contribution in [0, 0.1) is 13.8 Å². The quantitative estimate of drug-likeness (QED) is 0.406. The first-order chi connectivity index (χ1) is 11.0. The van der Waals surface area contributed by atoms with Gasteiger partial charge in [0.05, 0.1) is 6.54 Å². The Kier molecular flexibility index (Phi) is 8.55. The molecular weight excluding hydrogens is 431 g/mol. The fraction of sp³-hybridized carbons (Fsp3) is 0.389. The summed E-state index contributed by atoms with van der Waals surface area (Å²) in [7, 11) is 5.92. The van der Waals surface area contributed by atoms with Crippen molar-refractivity contribution in [1.29, 1.82) is 0 Å². The van der Waals surface area contributed by atoms with Crippen molar-refractivity contribution >= 4 is 47.0 Å². The molecule has 0 spiro atoms. The molecule has 1 heterocycles. The highest BCUT2D eigenvalue weighted by atomic mass is 127. The lowest BCUT2D eigenvalue weighted by molar-refractivity contribution is 0.812. The molecule has 2 rings (SSSR count). The molecule has 0 fully saturated rings. The maximum Gasteiger partial charge on any atom is 0.191 e. The zero-order valence-corrected chi connectivity index (χ0v) is 18.2. The van der Waals surface area contributed by atoms with Gasteiger partial charge in [0.1, 0.15) is 0 Å². The van der Waals surface area contributed by atoms with Gasteiger partial charge in [-0.1, -0.05) is 6.07 Å². The largest absolute Gasteiger partial charge is 0.378 e. The van der Waals surface area contributed by atoms with E-state index in [1.807, 2.05) is 11.3 Å². The van der Waals surface area contributed by atoms with Crippen molar-refractivity contribution in [3.8, 4) is 0 Å². The number of benzene rings is 1. The smallest absolute Gasteiger partial charge is 0.191 e. The fourth-order valence-corrected chi connectivity index (χ4v) is 3.14. The molecule has 4 nitrogen and oxygen atoms in total. The molecule has 0 aliphatic carbocycles. The maximum absolute atomic E-state index is 4.29. The molecule has 24 heavy (non-hydrogen) atoms. The molecule has 0 atom stereocenters. The first-order valence-electron chi connectivity index (χ1n) is 7.76. The Labute approximate surface area is 166 Å². The van der Waals surface area contributed by atoms with Crippen molar-refractivity contribution in [3.63, 3.8) is 0 Å². The molecular formula is C18H27IN4S. The Morgan fingerprint density at radius 3 is 2.33 bits per heavy atom. The van der Waals surface area contributed by atoms with Crippen LogP contribution in [0.1, 0.15) is 20.9 Å². The molecule has 0 radical (unpaired) electrons. The monoisotopic (exact) mass is 458 g/mol. The van der Waals surface area contributed by atoms with Gasteiger partial charge in [0.2, 0.25) is 0 Å². The average molecular weight is 458 g/mol. The molecule has 2 N–H and O–H groups in total. The van der Waals surface area contributed by atoms with E-state index in [0.717, 1.165) is 19.0 Å². The van der Waals surface area contributed by atoms with Crippen LogP contribution in [0.15, 0.2) is 35.3 Å². The third-order valence-corrected chi connectivity index (χ3v) is 4.74. The Balaban J connectivity index is 0.00000288. The molecule has 0 aliphatic rings. The normalized spacial score (nSPS) is 11.0. The van der Waals surface area contributed by atoms with Gasteiger partial charge in [0.15, 0.2) is 5.96 Å². The topological polar surface area (TPSA) is 39.7 Å². The van der Waals surface area contributed by atoms with E-state index in [9.17, 15) is 0 Å². The van der Waals surface area contributed by atoms with E-state index in [2.05, 4.69) is 78.8 Å². The number of nitrogens with zero attached hydrogens (tertiary/aromatic N) is 2. The summed E-state index contributed by atoms with van der Waals surface area (Å²) in [6.07, 6.45) is 0. The Morgan fingerprint density at radius 2 is 1.79 bits per heavy atom. The van der Waals surface area contributed by atoms with Gasteiger partial charge in [-0.05, 0) is 49.2 Å². The van der Waals surface area contributed by atoms with Crippen LogP contribution < -0.4 is 15.5 Å². The number of nitrogens with one attached hydrogen (secondary N) is 2. The van der Waals surface area contributed by atoms with Gasteiger partial charge in [-0.15, -0.1) is 35.3 Å². The minimum absolute atomic E-state index is 0. The highest BCUT2D eigenvalue weighted by molar-refractivity contribution is 14.0. The Hall–Kier alpha value is -1.28. The minimum Gasteiger partial charge on any atom is -0.378 e. The number of guanidine groups is 1. The van der Waals surface area contributed by atoms with Crippen molar-refractivity contribution in [3.05, 3.63) is 51.2 Å². The number of halogens is 1. The summed E-state index contributed by atoms with van der Waals surface area (Å²) in [6.45, 7) is 5.84. The second kappa shape index (κ2) is 9.88. The van der Waals surface area contributed by atoms with E-state index in [1.165, 1.54) is 26.6 Å². The lowest BCUT2D eigenvalue weighted by atomic mass is 10.1. The van der Waals surface area contributed by atoms with Crippen LogP contribution in [0.5, 0.6) is 0 Å². The van der Waals surface area contributed by atoms with Gasteiger partial charge in [-0.3, -0.25) is 4.99 Å². The summed E-state index contributed by atoms with van der Waals surface area (Å²) in [5.41, 5.74) is 3.79. The zero-order valence-electron chi connectivity index (χ0n) is 15.0. The van der Waals surface area contributed by atoms with Crippen molar-refractivity contribution in [1.82, 2.24) is 10.6 Å². The van der Waals surface area contributed by atoms with Crippen LogP contribution in [0.25, 0.3) is 0 Å². The lowest BCUT2D eigenvalue weighted by Crippen LogP contribution is -2.36. The molecule has 2 aromatic rings. The number of aliphatic imine (C=N–C) groups is 1.